The van der Waals surface area contributed by atoms with Crippen molar-refractivity contribution in [3.05, 3.63) is 59.7 Å². The lowest BCUT2D eigenvalue weighted by atomic mass is 10.1. The van der Waals surface area contributed by atoms with Gasteiger partial charge in [-0.3, -0.25) is 4.79 Å². The van der Waals surface area contributed by atoms with Crippen molar-refractivity contribution < 1.29 is 14.3 Å². The van der Waals surface area contributed by atoms with E-state index in [1.54, 1.807) is 55.6 Å². The standard InChI is InChI=1S/C17H14O3/c1-3-13-5-4-6-16(11-13)20-12-17(18)14-7-9-15(19-2)10-8-14/h1,4-11H,12H2,2H3. The number of ketones is 1. The zero-order valence-electron chi connectivity index (χ0n) is 11.1. The maximum Gasteiger partial charge on any atom is 0.200 e. The number of Topliss-reactive ketones (excluding diaryl/α,β-unsaturated/α-hetero) is 1. The number of rotatable bonds is 5. The Balaban J connectivity index is 1.99. The largest absolute Gasteiger partial charge is 0.497 e. The fourth-order valence-electron chi connectivity index (χ4n) is 1.68. The minimum Gasteiger partial charge on any atom is -0.497 e. The molecule has 0 aliphatic carbocycles. The molecule has 20 heavy (non-hydrogen) atoms. The Bertz CT molecular complexity index is 636. The second-order valence-corrected chi connectivity index (χ2v) is 4.11. The van der Waals surface area contributed by atoms with E-state index >= 15 is 0 Å². The number of methoxy groups -OCH3 is 1. The van der Waals surface area contributed by atoms with E-state index < -0.39 is 0 Å². The van der Waals surface area contributed by atoms with Gasteiger partial charge in [-0.1, -0.05) is 12.0 Å². The van der Waals surface area contributed by atoms with Gasteiger partial charge in [0.2, 0.25) is 0 Å². The summed E-state index contributed by atoms with van der Waals surface area (Å²) in [5, 5.41) is 0. The molecule has 0 heterocycles. The van der Waals surface area contributed by atoms with Gasteiger partial charge in [0.05, 0.1) is 7.11 Å². The number of hydrogen-bond acceptors (Lipinski definition) is 3. The number of carbonyl (C=O) groups is 1. The molecule has 3 heteroatoms. The third-order valence-electron chi connectivity index (χ3n) is 2.78. The van der Waals surface area contributed by atoms with Crippen LogP contribution in [0.3, 0.4) is 0 Å². The molecule has 0 radical (unpaired) electrons. The van der Waals surface area contributed by atoms with E-state index in [0.29, 0.717) is 17.1 Å². The Morgan fingerprint density at radius 2 is 1.90 bits per heavy atom. The summed E-state index contributed by atoms with van der Waals surface area (Å²) in [6.45, 7) is -0.0274. The van der Waals surface area contributed by atoms with Crippen LogP contribution in [-0.4, -0.2) is 19.5 Å². The number of hydrogen-bond donors (Lipinski definition) is 0. The minimum atomic E-state index is -0.0984. The van der Waals surface area contributed by atoms with Crippen molar-refractivity contribution in [3.8, 4) is 23.8 Å². The molecule has 0 bridgehead atoms. The van der Waals surface area contributed by atoms with Crippen molar-refractivity contribution in [2.45, 2.75) is 0 Å². The molecule has 0 N–H and O–H groups in total. The van der Waals surface area contributed by atoms with E-state index in [9.17, 15) is 4.79 Å². The first-order valence-corrected chi connectivity index (χ1v) is 6.09. The Hall–Kier alpha value is -2.73. The van der Waals surface area contributed by atoms with Crippen LogP contribution < -0.4 is 9.47 Å². The van der Waals surface area contributed by atoms with E-state index in [1.807, 2.05) is 0 Å². The Morgan fingerprint density at radius 3 is 2.55 bits per heavy atom. The van der Waals surface area contributed by atoms with Gasteiger partial charge in [0.1, 0.15) is 11.5 Å². The van der Waals surface area contributed by atoms with Gasteiger partial charge in [0, 0.05) is 11.1 Å². The summed E-state index contributed by atoms with van der Waals surface area (Å²) in [5.74, 6) is 3.72. The quantitative estimate of drug-likeness (QED) is 0.616. The summed E-state index contributed by atoms with van der Waals surface area (Å²) in [6, 6.07) is 14.0. The molecule has 0 saturated carbocycles. The monoisotopic (exact) mass is 266 g/mol. The normalized spacial score (nSPS) is 9.60. The number of benzene rings is 2. The van der Waals surface area contributed by atoms with E-state index in [2.05, 4.69) is 5.92 Å². The third-order valence-corrected chi connectivity index (χ3v) is 2.78. The van der Waals surface area contributed by atoms with Crippen molar-refractivity contribution in [2.75, 3.05) is 13.7 Å². The van der Waals surface area contributed by atoms with Crippen LogP contribution in [0.4, 0.5) is 0 Å². The lowest BCUT2D eigenvalue weighted by Gasteiger charge is -2.06. The highest BCUT2D eigenvalue weighted by molar-refractivity contribution is 5.97. The van der Waals surface area contributed by atoms with Gasteiger partial charge in [0.15, 0.2) is 12.4 Å². The Morgan fingerprint density at radius 1 is 1.15 bits per heavy atom. The molecule has 0 unspecified atom stereocenters. The van der Waals surface area contributed by atoms with Crippen molar-refractivity contribution in [2.24, 2.45) is 0 Å². The van der Waals surface area contributed by atoms with Crippen LogP contribution in [0.2, 0.25) is 0 Å². The molecule has 0 aromatic heterocycles. The van der Waals surface area contributed by atoms with Crippen LogP contribution in [0.25, 0.3) is 0 Å². The molecule has 2 aromatic rings. The maximum atomic E-state index is 12.0. The Kier molecular flexibility index (Phi) is 4.41. The van der Waals surface area contributed by atoms with Crippen LogP contribution >= 0.6 is 0 Å². The summed E-state index contributed by atoms with van der Waals surface area (Å²) in [7, 11) is 1.58. The van der Waals surface area contributed by atoms with Gasteiger partial charge < -0.3 is 9.47 Å². The predicted molar refractivity (Wildman–Crippen MR) is 77.2 cm³/mol. The molecule has 0 atom stereocenters. The van der Waals surface area contributed by atoms with Gasteiger partial charge >= 0.3 is 0 Å². The molecule has 0 amide bonds. The van der Waals surface area contributed by atoms with E-state index in [4.69, 9.17) is 15.9 Å². The molecular formula is C17H14O3. The van der Waals surface area contributed by atoms with Gasteiger partial charge in [-0.2, -0.15) is 0 Å². The highest BCUT2D eigenvalue weighted by Crippen LogP contribution is 2.14. The average molecular weight is 266 g/mol. The summed E-state index contributed by atoms with van der Waals surface area (Å²) in [5.41, 5.74) is 1.30. The molecule has 2 aromatic carbocycles. The smallest absolute Gasteiger partial charge is 0.200 e. The van der Waals surface area contributed by atoms with E-state index in [1.165, 1.54) is 0 Å². The molecule has 100 valence electrons. The van der Waals surface area contributed by atoms with Crippen LogP contribution in [0.1, 0.15) is 15.9 Å². The van der Waals surface area contributed by atoms with Gasteiger partial charge in [-0.05, 0) is 42.5 Å². The first-order valence-electron chi connectivity index (χ1n) is 6.09. The maximum absolute atomic E-state index is 12.0. The second-order valence-electron chi connectivity index (χ2n) is 4.11. The van der Waals surface area contributed by atoms with Crippen LogP contribution in [0, 0.1) is 12.3 Å². The van der Waals surface area contributed by atoms with E-state index in [-0.39, 0.29) is 12.4 Å². The van der Waals surface area contributed by atoms with Crippen molar-refractivity contribution >= 4 is 5.78 Å². The van der Waals surface area contributed by atoms with Crippen LogP contribution in [0.5, 0.6) is 11.5 Å². The third kappa shape index (κ3) is 3.39. The molecule has 0 aliphatic heterocycles. The zero-order valence-corrected chi connectivity index (χ0v) is 11.1. The number of ether oxygens (including phenoxy) is 2. The first kappa shape index (κ1) is 13.7. The average Bonchev–Trinajstić information content (AvgIpc) is 2.53. The second kappa shape index (κ2) is 6.44. The van der Waals surface area contributed by atoms with Gasteiger partial charge in [0.25, 0.3) is 0 Å². The lowest BCUT2D eigenvalue weighted by molar-refractivity contribution is 0.0921. The van der Waals surface area contributed by atoms with Crippen molar-refractivity contribution in [1.29, 1.82) is 0 Å². The predicted octanol–water partition coefficient (Wildman–Crippen LogP) is 2.94. The highest BCUT2D eigenvalue weighted by Gasteiger charge is 2.07. The molecule has 0 saturated heterocycles. The highest BCUT2D eigenvalue weighted by atomic mass is 16.5. The van der Waals surface area contributed by atoms with E-state index in [0.717, 1.165) is 5.56 Å². The van der Waals surface area contributed by atoms with Crippen LogP contribution in [-0.2, 0) is 0 Å². The minimum absolute atomic E-state index is 0.0274. The van der Waals surface area contributed by atoms with Gasteiger partial charge in [-0.15, -0.1) is 6.42 Å². The number of carbonyl (C=O) groups excluding carboxylic acids is 1. The first-order chi connectivity index (χ1) is 9.72. The molecule has 0 fully saturated rings. The summed E-state index contributed by atoms with van der Waals surface area (Å²) < 4.78 is 10.5. The summed E-state index contributed by atoms with van der Waals surface area (Å²) >= 11 is 0. The molecular weight excluding hydrogens is 252 g/mol. The zero-order chi connectivity index (χ0) is 14.4. The molecule has 0 spiro atoms. The summed E-state index contributed by atoms with van der Waals surface area (Å²) in [6.07, 6.45) is 5.31. The fraction of sp³-hybridized carbons (Fsp3) is 0.118. The van der Waals surface area contributed by atoms with Crippen LogP contribution in [0.15, 0.2) is 48.5 Å². The molecule has 2 rings (SSSR count). The topological polar surface area (TPSA) is 35.5 Å². The molecule has 3 nitrogen and oxygen atoms in total. The Labute approximate surface area is 118 Å². The molecule has 0 aliphatic rings. The van der Waals surface area contributed by atoms with Crippen molar-refractivity contribution in [3.63, 3.8) is 0 Å². The SMILES string of the molecule is C#Cc1cccc(OCC(=O)c2ccc(OC)cc2)c1. The lowest BCUT2D eigenvalue weighted by Crippen LogP contribution is -2.11. The number of terminal acetylenes is 1. The van der Waals surface area contributed by atoms with Crippen molar-refractivity contribution in [1.82, 2.24) is 0 Å². The van der Waals surface area contributed by atoms with Gasteiger partial charge in [-0.25, -0.2) is 0 Å². The summed E-state index contributed by atoms with van der Waals surface area (Å²) in [4.78, 5) is 12.0. The fourth-order valence-corrected chi connectivity index (χ4v) is 1.68.